The highest BCUT2D eigenvalue weighted by atomic mass is 35.5. The molecule has 16 nitrogen and oxygen atoms in total. The van der Waals surface area contributed by atoms with Gasteiger partial charge >= 0.3 is 24.2 Å². The van der Waals surface area contributed by atoms with Crippen molar-refractivity contribution in [2.75, 3.05) is 76.6 Å². The molecule has 0 spiro atoms. The Hall–Kier alpha value is -5.26. The van der Waals surface area contributed by atoms with E-state index in [4.69, 9.17) is 60.0 Å². The van der Waals surface area contributed by atoms with E-state index in [2.05, 4.69) is 10.0 Å². The number of hydrogen-bond acceptors (Lipinski definition) is 14. The molecule has 0 saturated carbocycles. The van der Waals surface area contributed by atoms with Crippen LogP contribution >= 0.6 is 11.6 Å². The van der Waals surface area contributed by atoms with Crippen molar-refractivity contribution in [3.8, 4) is 17.2 Å². The Labute approximate surface area is 289 Å². The first-order valence-electron chi connectivity index (χ1n) is 15.1. The quantitative estimate of drug-likeness (QED) is 0.0559. The lowest BCUT2D eigenvalue weighted by atomic mass is 10.2. The zero-order chi connectivity index (χ0) is 36.9. The Bertz CT molecular complexity index is 1380. The molecule has 0 bridgehead atoms. The molecule has 0 radical (unpaired) electrons. The number of ether oxygens (including phenoxy) is 5. The molecule has 0 aliphatic carbocycles. The van der Waals surface area contributed by atoms with E-state index in [-0.39, 0.29) is 50.5 Å². The van der Waals surface area contributed by atoms with Crippen molar-refractivity contribution in [2.45, 2.75) is 39.5 Å². The first kappa shape index (κ1) is 43.7. The second-order valence-electron chi connectivity index (χ2n) is 9.50. The monoisotopic (exact) mass is 707 g/mol. The SMILES string of the molecule is CCN(CC(=O)OC)c1ccc(OCCCCCCN=[N+]=[N-])cc1OCCOc1ccc(Cl)cc1N(CC)CC(=O)OC.O=C=O.O=C=O. The van der Waals surface area contributed by atoms with Crippen LogP contribution in [-0.4, -0.2) is 91.0 Å². The third-order valence-electron chi connectivity index (χ3n) is 6.48. The summed E-state index contributed by atoms with van der Waals surface area (Å²) in [5, 5.41) is 4.06. The summed E-state index contributed by atoms with van der Waals surface area (Å²) in [6, 6.07) is 10.7. The van der Waals surface area contributed by atoms with Gasteiger partial charge in [-0.3, -0.25) is 9.59 Å². The second-order valence-corrected chi connectivity index (χ2v) is 9.94. The Morgan fingerprint density at radius 3 is 1.86 bits per heavy atom. The molecule has 0 aliphatic heterocycles. The third-order valence-corrected chi connectivity index (χ3v) is 6.71. The van der Waals surface area contributed by atoms with Gasteiger partial charge in [0, 0.05) is 35.6 Å². The first-order valence-corrected chi connectivity index (χ1v) is 15.5. The number of hydrogen-bond donors (Lipinski definition) is 0. The zero-order valence-electron chi connectivity index (χ0n) is 28.1. The molecular formula is C32H42ClN5O11. The van der Waals surface area contributed by atoms with E-state index in [1.165, 1.54) is 14.2 Å². The lowest BCUT2D eigenvalue weighted by Gasteiger charge is -2.26. The van der Waals surface area contributed by atoms with E-state index < -0.39 is 0 Å². The molecular weight excluding hydrogens is 666 g/mol. The number of halogens is 1. The van der Waals surface area contributed by atoms with Crippen molar-refractivity contribution in [2.24, 2.45) is 5.11 Å². The number of benzene rings is 2. The van der Waals surface area contributed by atoms with Gasteiger partial charge in [-0.15, -0.1) is 0 Å². The number of rotatable bonds is 21. The van der Waals surface area contributed by atoms with E-state index in [9.17, 15) is 9.59 Å². The molecule has 0 aliphatic rings. The van der Waals surface area contributed by atoms with Gasteiger partial charge in [0.25, 0.3) is 0 Å². The van der Waals surface area contributed by atoms with Gasteiger partial charge in [-0.1, -0.05) is 29.6 Å². The molecule has 2 aromatic carbocycles. The number of unbranched alkanes of at least 4 members (excludes halogenated alkanes) is 3. The van der Waals surface area contributed by atoms with Crippen LogP contribution in [0.5, 0.6) is 17.2 Å². The number of carbonyl (C=O) groups excluding carboxylic acids is 6. The van der Waals surface area contributed by atoms with Crippen molar-refractivity contribution in [3.05, 3.63) is 51.9 Å². The molecule has 0 saturated heterocycles. The summed E-state index contributed by atoms with van der Waals surface area (Å²) in [4.78, 5) is 62.9. The normalized spacial score (nSPS) is 9.41. The smallest absolute Gasteiger partial charge is 0.373 e. The molecule has 2 aromatic rings. The highest BCUT2D eigenvalue weighted by Crippen LogP contribution is 2.34. The zero-order valence-corrected chi connectivity index (χ0v) is 28.8. The van der Waals surface area contributed by atoms with Crippen LogP contribution in [0.15, 0.2) is 41.5 Å². The van der Waals surface area contributed by atoms with Crippen LogP contribution in [0.2, 0.25) is 5.02 Å². The molecule has 0 atom stereocenters. The predicted molar refractivity (Wildman–Crippen MR) is 177 cm³/mol. The summed E-state index contributed by atoms with van der Waals surface area (Å²) in [6.45, 7) is 6.52. The molecule has 0 unspecified atom stereocenters. The number of azide groups is 1. The first-order chi connectivity index (χ1) is 23.7. The van der Waals surface area contributed by atoms with E-state index in [0.29, 0.717) is 54.2 Å². The molecule has 49 heavy (non-hydrogen) atoms. The van der Waals surface area contributed by atoms with E-state index in [1.54, 1.807) is 24.3 Å². The maximum Gasteiger partial charge on any atom is 0.373 e. The fraction of sp³-hybridized carbons (Fsp3) is 0.500. The van der Waals surface area contributed by atoms with Crippen LogP contribution < -0.4 is 24.0 Å². The number of carbonyl (C=O) groups is 2. The molecule has 2 rings (SSSR count). The van der Waals surface area contributed by atoms with Crippen LogP contribution in [0.4, 0.5) is 11.4 Å². The average molecular weight is 708 g/mol. The van der Waals surface area contributed by atoms with Crippen LogP contribution in [0.1, 0.15) is 39.5 Å². The van der Waals surface area contributed by atoms with Crippen LogP contribution in [0, 0.1) is 0 Å². The average Bonchev–Trinajstić information content (AvgIpc) is 3.10. The van der Waals surface area contributed by atoms with E-state index in [1.807, 2.05) is 35.8 Å². The van der Waals surface area contributed by atoms with Gasteiger partial charge in [0.05, 0.1) is 32.2 Å². The largest absolute Gasteiger partial charge is 0.493 e. The standard InChI is InChI=1S/C30H42ClN5O7.2CO2/c1-5-35(21-29(37)39-3)25-13-12-24(41-16-10-8-7-9-15-33-34-32)20-28(25)43-18-17-42-27-14-11-23(31)19-26(27)36(6-2)22-30(38)40-4;2*2-1-3/h11-14,19-20H,5-10,15-18,21-22H2,1-4H3;;. The molecule has 268 valence electrons. The summed E-state index contributed by atoms with van der Waals surface area (Å²) >= 11 is 6.24. The van der Waals surface area contributed by atoms with Gasteiger partial charge in [-0.05, 0) is 62.6 Å². The number of esters is 2. The Kier molecular flexibility index (Phi) is 24.8. The van der Waals surface area contributed by atoms with Crippen LogP contribution in [0.25, 0.3) is 10.4 Å². The van der Waals surface area contributed by atoms with E-state index >= 15 is 0 Å². The molecule has 0 N–H and O–H groups in total. The van der Waals surface area contributed by atoms with Gasteiger partial charge in [-0.25, -0.2) is 0 Å². The fourth-order valence-electron chi connectivity index (χ4n) is 4.17. The Balaban J connectivity index is 0.00000356. The molecule has 0 amide bonds. The minimum absolute atomic E-state index is 0.0547. The van der Waals surface area contributed by atoms with Gasteiger partial charge in [0.2, 0.25) is 0 Å². The van der Waals surface area contributed by atoms with E-state index in [0.717, 1.165) is 31.4 Å². The van der Waals surface area contributed by atoms with Crippen molar-refractivity contribution in [1.29, 1.82) is 0 Å². The lowest BCUT2D eigenvalue weighted by Crippen LogP contribution is -2.31. The van der Waals surface area contributed by atoms with Crippen LogP contribution in [-0.2, 0) is 38.2 Å². The van der Waals surface area contributed by atoms with Crippen molar-refractivity contribution >= 4 is 47.2 Å². The fourth-order valence-corrected chi connectivity index (χ4v) is 4.34. The maximum absolute atomic E-state index is 12.0. The van der Waals surface area contributed by atoms with Crippen molar-refractivity contribution < 1.29 is 52.5 Å². The minimum Gasteiger partial charge on any atom is -0.493 e. The number of nitrogens with zero attached hydrogens (tertiary/aromatic N) is 5. The van der Waals surface area contributed by atoms with Crippen molar-refractivity contribution in [3.63, 3.8) is 0 Å². The summed E-state index contributed by atoms with van der Waals surface area (Å²) in [7, 11) is 2.70. The number of likely N-dealkylation sites (N-methyl/N-ethyl adjacent to an activating group) is 2. The highest BCUT2D eigenvalue weighted by Gasteiger charge is 2.18. The summed E-state index contributed by atoms with van der Waals surface area (Å²) in [5.74, 6) is 1.00. The van der Waals surface area contributed by atoms with Gasteiger partial charge < -0.3 is 33.5 Å². The topological polar surface area (TPSA) is 204 Å². The summed E-state index contributed by atoms with van der Waals surface area (Å²) in [6.07, 6.45) is 4.14. The molecule has 17 heteroatoms. The van der Waals surface area contributed by atoms with Gasteiger partial charge in [0.15, 0.2) is 0 Å². The maximum atomic E-state index is 12.0. The minimum atomic E-state index is -0.372. The van der Waals surface area contributed by atoms with Crippen LogP contribution in [0.3, 0.4) is 0 Å². The Morgan fingerprint density at radius 1 is 0.755 bits per heavy atom. The summed E-state index contributed by atoms with van der Waals surface area (Å²) in [5.41, 5.74) is 9.75. The molecule has 0 aromatic heterocycles. The molecule has 0 fully saturated rings. The Morgan fingerprint density at radius 2 is 1.31 bits per heavy atom. The third kappa shape index (κ3) is 18.6. The van der Waals surface area contributed by atoms with Gasteiger partial charge in [-0.2, -0.15) is 19.2 Å². The number of methoxy groups -OCH3 is 2. The molecule has 0 heterocycles. The highest BCUT2D eigenvalue weighted by molar-refractivity contribution is 6.31. The second kappa shape index (κ2) is 27.8. The summed E-state index contributed by atoms with van der Waals surface area (Å²) < 4.78 is 27.9. The lowest BCUT2D eigenvalue weighted by molar-refractivity contribution is -0.193. The van der Waals surface area contributed by atoms with Crippen molar-refractivity contribution in [1.82, 2.24) is 0 Å². The number of anilines is 2. The van der Waals surface area contributed by atoms with Gasteiger partial charge in [0.1, 0.15) is 43.6 Å². The predicted octanol–water partition coefficient (Wildman–Crippen LogP) is 4.88.